The summed E-state index contributed by atoms with van der Waals surface area (Å²) in [4.78, 5) is 33.3. The number of esters is 1. The molecule has 2 aromatic rings. The lowest BCUT2D eigenvalue weighted by molar-refractivity contribution is -0.383. The number of halogens is 1. The Bertz CT molecular complexity index is 1040. The number of benzene rings is 1. The first-order valence-corrected chi connectivity index (χ1v) is 10.6. The van der Waals surface area contributed by atoms with E-state index in [0.717, 1.165) is 0 Å². The summed E-state index contributed by atoms with van der Waals surface area (Å²) >= 11 is 0. The lowest BCUT2D eigenvalue weighted by atomic mass is 9.97. The highest BCUT2D eigenvalue weighted by Crippen LogP contribution is 2.35. The first kappa shape index (κ1) is 22.6. The van der Waals surface area contributed by atoms with Crippen molar-refractivity contribution in [1.82, 2.24) is 9.97 Å². The number of anilines is 2. The van der Waals surface area contributed by atoms with Gasteiger partial charge in [-0.3, -0.25) is 14.9 Å². The molecule has 2 aliphatic rings. The molecule has 176 valence electrons. The topological polar surface area (TPSA) is 129 Å². The molecular weight excluding hydrogens is 437 g/mol. The predicted octanol–water partition coefficient (Wildman–Crippen LogP) is 2.78. The van der Waals surface area contributed by atoms with Crippen molar-refractivity contribution < 1.29 is 28.3 Å². The van der Waals surface area contributed by atoms with E-state index in [4.69, 9.17) is 14.2 Å². The molecule has 11 nitrogen and oxygen atoms in total. The summed E-state index contributed by atoms with van der Waals surface area (Å²) in [6, 6.07) is 2.65. The molecule has 0 unspecified atom stereocenters. The third-order valence-corrected chi connectivity index (χ3v) is 5.60. The van der Waals surface area contributed by atoms with E-state index >= 15 is 0 Å². The van der Waals surface area contributed by atoms with Gasteiger partial charge in [-0.15, -0.1) is 0 Å². The molecule has 0 atom stereocenters. The van der Waals surface area contributed by atoms with Gasteiger partial charge < -0.3 is 24.4 Å². The van der Waals surface area contributed by atoms with Crippen molar-refractivity contribution in [3.63, 3.8) is 0 Å². The maximum atomic E-state index is 14.0. The van der Waals surface area contributed by atoms with Gasteiger partial charge in [0, 0.05) is 30.8 Å². The Morgan fingerprint density at radius 2 is 2.15 bits per heavy atom. The van der Waals surface area contributed by atoms with Gasteiger partial charge >= 0.3 is 11.7 Å². The van der Waals surface area contributed by atoms with E-state index in [0.29, 0.717) is 49.4 Å². The van der Waals surface area contributed by atoms with Crippen LogP contribution in [0.2, 0.25) is 0 Å². The predicted molar refractivity (Wildman–Crippen MR) is 114 cm³/mol. The Hall–Kier alpha value is -3.54. The zero-order chi connectivity index (χ0) is 23.4. The van der Waals surface area contributed by atoms with Crippen LogP contribution in [0.3, 0.4) is 0 Å². The van der Waals surface area contributed by atoms with Gasteiger partial charge in [0.05, 0.1) is 24.1 Å². The van der Waals surface area contributed by atoms with Crippen molar-refractivity contribution in [2.45, 2.75) is 32.9 Å². The van der Waals surface area contributed by atoms with Crippen molar-refractivity contribution in [2.24, 2.45) is 5.92 Å². The number of carbonyl (C=O) groups is 1. The number of nitrogens with zero attached hydrogens (tertiary/aromatic N) is 4. The number of ether oxygens (including phenoxy) is 3. The van der Waals surface area contributed by atoms with Crippen LogP contribution in [0.1, 0.15) is 30.9 Å². The lowest BCUT2D eigenvalue weighted by Crippen LogP contribution is -2.37. The highest BCUT2D eigenvalue weighted by atomic mass is 19.1. The molecule has 33 heavy (non-hydrogen) atoms. The number of hydrogen-bond acceptors (Lipinski definition) is 10. The standard InChI is InChI=1S/C21H24FN5O6/c1-2-32-21(28)13-3-5-26(6-4-13)20-17(27(29)30)19(24-11-25-20)23-9-14-7-16(22)8-15-10-31-12-33-18(14)15/h7-8,11,13H,2-6,9-10,12H2,1H3,(H,23,24,25). The Kier molecular flexibility index (Phi) is 6.82. The quantitative estimate of drug-likeness (QED) is 0.373. The molecule has 1 aromatic carbocycles. The lowest BCUT2D eigenvalue weighted by Gasteiger charge is -2.31. The van der Waals surface area contributed by atoms with E-state index in [1.807, 2.05) is 0 Å². The summed E-state index contributed by atoms with van der Waals surface area (Å²) in [6.45, 7) is 3.24. The molecule has 0 spiro atoms. The van der Waals surface area contributed by atoms with Crippen LogP contribution in [0.5, 0.6) is 5.75 Å². The summed E-state index contributed by atoms with van der Waals surface area (Å²) in [5.41, 5.74) is 0.792. The molecular formula is C21H24FN5O6. The van der Waals surface area contributed by atoms with Crippen molar-refractivity contribution >= 4 is 23.3 Å². The van der Waals surface area contributed by atoms with E-state index in [9.17, 15) is 19.3 Å². The molecule has 2 aliphatic heterocycles. The van der Waals surface area contributed by atoms with Crippen molar-refractivity contribution in [2.75, 3.05) is 36.7 Å². The van der Waals surface area contributed by atoms with Crippen LogP contribution in [0.4, 0.5) is 21.7 Å². The SMILES string of the molecule is CCOC(=O)C1CCN(c2ncnc(NCc3cc(F)cc4c3OCOC4)c2[N+](=O)[O-])CC1. The number of hydrogen-bond donors (Lipinski definition) is 1. The third kappa shape index (κ3) is 4.95. The van der Waals surface area contributed by atoms with Crippen LogP contribution in [0.25, 0.3) is 0 Å². The van der Waals surface area contributed by atoms with Gasteiger partial charge in [0.2, 0.25) is 11.6 Å². The monoisotopic (exact) mass is 461 g/mol. The Balaban J connectivity index is 1.53. The molecule has 0 saturated carbocycles. The van der Waals surface area contributed by atoms with E-state index < -0.39 is 10.7 Å². The molecule has 1 saturated heterocycles. The average Bonchev–Trinajstić information content (AvgIpc) is 2.82. The Morgan fingerprint density at radius 1 is 1.36 bits per heavy atom. The average molecular weight is 461 g/mol. The minimum atomic E-state index is -0.541. The second-order valence-corrected chi connectivity index (χ2v) is 7.68. The van der Waals surface area contributed by atoms with Crippen LogP contribution >= 0.6 is 0 Å². The van der Waals surface area contributed by atoms with E-state index in [-0.39, 0.29) is 49.2 Å². The summed E-state index contributed by atoms with van der Waals surface area (Å²) in [5.74, 6) is -0.256. The number of carbonyl (C=O) groups excluding carboxylic acids is 1. The zero-order valence-corrected chi connectivity index (χ0v) is 18.1. The molecule has 0 radical (unpaired) electrons. The highest BCUT2D eigenvalue weighted by Gasteiger charge is 2.32. The van der Waals surface area contributed by atoms with Gasteiger partial charge in [-0.2, -0.15) is 0 Å². The maximum Gasteiger partial charge on any atom is 0.353 e. The number of nitro groups is 1. The first-order chi connectivity index (χ1) is 16.0. The van der Waals surface area contributed by atoms with Crippen LogP contribution < -0.4 is 15.0 Å². The number of aromatic nitrogens is 2. The van der Waals surface area contributed by atoms with Gasteiger partial charge in [-0.05, 0) is 31.9 Å². The number of piperidine rings is 1. The van der Waals surface area contributed by atoms with Crippen LogP contribution in [-0.2, 0) is 27.4 Å². The zero-order valence-electron chi connectivity index (χ0n) is 18.1. The minimum Gasteiger partial charge on any atom is -0.467 e. The van der Waals surface area contributed by atoms with Crippen molar-refractivity contribution in [3.05, 3.63) is 45.5 Å². The summed E-state index contributed by atoms with van der Waals surface area (Å²) in [7, 11) is 0. The van der Waals surface area contributed by atoms with Gasteiger partial charge in [0.1, 0.15) is 17.9 Å². The summed E-state index contributed by atoms with van der Waals surface area (Å²) in [5, 5.41) is 14.9. The van der Waals surface area contributed by atoms with Crippen molar-refractivity contribution in [1.29, 1.82) is 0 Å². The number of nitrogens with one attached hydrogen (secondary N) is 1. The Morgan fingerprint density at radius 3 is 2.88 bits per heavy atom. The highest BCUT2D eigenvalue weighted by molar-refractivity contribution is 5.74. The molecule has 1 N–H and O–H groups in total. The molecule has 0 bridgehead atoms. The summed E-state index contributed by atoms with van der Waals surface area (Å²) < 4.78 is 29.8. The molecule has 0 aliphatic carbocycles. The molecule has 12 heteroatoms. The van der Waals surface area contributed by atoms with E-state index in [1.54, 1.807) is 11.8 Å². The maximum absolute atomic E-state index is 14.0. The summed E-state index contributed by atoms with van der Waals surface area (Å²) in [6.07, 6.45) is 2.27. The van der Waals surface area contributed by atoms with Gasteiger partial charge in [-0.1, -0.05) is 0 Å². The minimum absolute atomic E-state index is 0.0163. The van der Waals surface area contributed by atoms with Gasteiger partial charge in [-0.25, -0.2) is 14.4 Å². The second-order valence-electron chi connectivity index (χ2n) is 7.68. The first-order valence-electron chi connectivity index (χ1n) is 10.6. The molecule has 4 rings (SSSR count). The van der Waals surface area contributed by atoms with Crippen LogP contribution in [-0.4, -0.2) is 47.3 Å². The number of fused-ring (bicyclic) bond motifs is 1. The normalized spacial score (nSPS) is 16.0. The second kappa shape index (κ2) is 9.94. The van der Waals surface area contributed by atoms with E-state index in [2.05, 4.69) is 15.3 Å². The fourth-order valence-corrected chi connectivity index (χ4v) is 4.05. The smallest absolute Gasteiger partial charge is 0.353 e. The van der Waals surface area contributed by atoms with E-state index in [1.165, 1.54) is 18.5 Å². The fourth-order valence-electron chi connectivity index (χ4n) is 4.05. The Labute approximate surface area is 189 Å². The third-order valence-electron chi connectivity index (χ3n) is 5.60. The fraction of sp³-hybridized carbons (Fsp3) is 0.476. The largest absolute Gasteiger partial charge is 0.467 e. The van der Waals surface area contributed by atoms with Crippen LogP contribution in [0.15, 0.2) is 18.5 Å². The van der Waals surface area contributed by atoms with Crippen LogP contribution in [0, 0.1) is 21.8 Å². The number of rotatable bonds is 7. The van der Waals surface area contributed by atoms with Gasteiger partial charge in [0.25, 0.3) is 0 Å². The molecule has 1 aromatic heterocycles. The molecule has 0 amide bonds. The van der Waals surface area contributed by atoms with Gasteiger partial charge in [0.15, 0.2) is 6.79 Å². The molecule has 1 fully saturated rings. The van der Waals surface area contributed by atoms with Crippen molar-refractivity contribution in [3.8, 4) is 5.75 Å². The molecule has 3 heterocycles.